The molecule has 0 aliphatic rings. The zero-order valence-electron chi connectivity index (χ0n) is 10.7. The van der Waals surface area contributed by atoms with Crippen molar-refractivity contribution in [3.63, 3.8) is 0 Å². The lowest BCUT2D eigenvalue weighted by Crippen LogP contribution is -1.98. The number of hydrogen-bond acceptors (Lipinski definition) is 4. The molecule has 0 amide bonds. The lowest BCUT2D eigenvalue weighted by molar-refractivity contribution is 0.274. The summed E-state index contributed by atoms with van der Waals surface area (Å²) < 4.78 is 41.7. The van der Waals surface area contributed by atoms with E-state index in [4.69, 9.17) is 9.84 Å². The van der Waals surface area contributed by atoms with Gasteiger partial charge < -0.3 is 9.84 Å². The highest BCUT2D eigenvalue weighted by Gasteiger charge is 2.11. The van der Waals surface area contributed by atoms with Gasteiger partial charge in [-0.15, -0.1) is 0 Å². The van der Waals surface area contributed by atoms with Crippen LogP contribution in [-0.2, 0) is 16.4 Å². The van der Waals surface area contributed by atoms with Crippen LogP contribution < -0.4 is 4.74 Å². The van der Waals surface area contributed by atoms with E-state index in [1.807, 2.05) is 0 Å². The SMILES string of the molecule is CS(=O)(=O)c1ccc(Oc2c(F)cccc2CO)cc1. The number of benzene rings is 2. The summed E-state index contributed by atoms with van der Waals surface area (Å²) >= 11 is 0. The van der Waals surface area contributed by atoms with E-state index in [0.717, 1.165) is 6.26 Å². The first kappa shape index (κ1) is 14.5. The summed E-state index contributed by atoms with van der Waals surface area (Å²) in [7, 11) is -3.28. The summed E-state index contributed by atoms with van der Waals surface area (Å²) in [4.78, 5) is 0.153. The average molecular weight is 296 g/mol. The van der Waals surface area contributed by atoms with Crippen LogP contribution in [0.2, 0.25) is 0 Å². The third kappa shape index (κ3) is 3.15. The van der Waals surface area contributed by atoms with Gasteiger partial charge in [0, 0.05) is 11.8 Å². The van der Waals surface area contributed by atoms with Crippen LogP contribution >= 0.6 is 0 Å². The number of aliphatic hydroxyl groups excluding tert-OH is 1. The molecular formula is C14H13FO4S. The molecule has 0 saturated carbocycles. The van der Waals surface area contributed by atoms with Crippen molar-refractivity contribution < 1.29 is 22.7 Å². The number of halogens is 1. The molecule has 0 atom stereocenters. The Kier molecular flexibility index (Phi) is 4.06. The average Bonchev–Trinajstić information content (AvgIpc) is 2.40. The van der Waals surface area contributed by atoms with Crippen molar-refractivity contribution in [2.45, 2.75) is 11.5 Å². The van der Waals surface area contributed by atoms with Crippen LogP contribution in [0.1, 0.15) is 5.56 Å². The highest BCUT2D eigenvalue weighted by Crippen LogP contribution is 2.29. The topological polar surface area (TPSA) is 63.6 Å². The van der Waals surface area contributed by atoms with Crippen LogP contribution in [0, 0.1) is 5.82 Å². The van der Waals surface area contributed by atoms with Gasteiger partial charge in [-0.25, -0.2) is 12.8 Å². The molecule has 2 aromatic carbocycles. The molecule has 6 heteroatoms. The molecule has 0 aliphatic heterocycles. The minimum atomic E-state index is -3.28. The second kappa shape index (κ2) is 5.60. The highest BCUT2D eigenvalue weighted by atomic mass is 32.2. The van der Waals surface area contributed by atoms with Crippen LogP contribution in [0.5, 0.6) is 11.5 Å². The molecule has 0 unspecified atom stereocenters. The Hall–Kier alpha value is -1.92. The Morgan fingerprint density at radius 3 is 2.35 bits per heavy atom. The molecule has 0 radical (unpaired) electrons. The molecule has 4 nitrogen and oxygen atoms in total. The molecule has 0 heterocycles. The summed E-state index contributed by atoms with van der Waals surface area (Å²) in [5.74, 6) is -0.372. The summed E-state index contributed by atoms with van der Waals surface area (Å²) in [5, 5.41) is 9.15. The summed E-state index contributed by atoms with van der Waals surface area (Å²) in [6.45, 7) is -0.353. The van der Waals surface area contributed by atoms with Gasteiger partial charge in [0.05, 0.1) is 11.5 Å². The smallest absolute Gasteiger partial charge is 0.175 e. The summed E-state index contributed by atoms with van der Waals surface area (Å²) in [6.07, 6.45) is 1.10. The first-order valence-electron chi connectivity index (χ1n) is 5.78. The van der Waals surface area contributed by atoms with E-state index in [0.29, 0.717) is 5.56 Å². The highest BCUT2D eigenvalue weighted by molar-refractivity contribution is 7.90. The lowest BCUT2D eigenvalue weighted by atomic mass is 10.2. The minimum absolute atomic E-state index is 0.0675. The molecule has 0 aromatic heterocycles. The second-order valence-electron chi connectivity index (χ2n) is 4.23. The standard InChI is InChI=1S/C14H13FO4S/c1-20(17,18)12-7-5-11(6-8-12)19-14-10(9-16)3-2-4-13(14)15/h2-8,16H,9H2,1H3. The van der Waals surface area contributed by atoms with Crippen LogP contribution in [0.15, 0.2) is 47.4 Å². The van der Waals surface area contributed by atoms with Crippen LogP contribution in [0.3, 0.4) is 0 Å². The summed E-state index contributed by atoms with van der Waals surface area (Å²) in [6, 6.07) is 9.87. The third-order valence-electron chi connectivity index (χ3n) is 2.69. The maximum atomic E-state index is 13.7. The van der Waals surface area contributed by atoms with E-state index < -0.39 is 15.7 Å². The van der Waals surface area contributed by atoms with E-state index in [1.165, 1.54) is 36.4 Å². The van der Waals surface area contributed by atoms with Gasteiger partial charge in [-0.1, -0.05) is 12.1 Å². The van der Waals surface area contributed by atoms with Crippen molar-refractivity contribution in [2.75, 3.05) is 6.26 Å². The van der Waals surface area contributed by atoms with Gasteiger partial charge in [0.2, 0.25) is 0 Å². The second-order valence-corrected chi connectivity index (χ2v) is 6.25. The van der Waals surface area contributed by atoms with Crippen LogP contribution in [0.25, 0.3) is 0 Å². The zero-order valence-corrected chi connectivity index (χ0v) is 11.5. The maximum absolute atomic E-state index is 13.7. The van der Waals surface area contributed by atoms with Crippen LogP contribution in [0.4, 0.5) is 4.39 Å². The molecule has 0 aliphatic carbocycles. The molecule has 0 fully saturated rings. The number of aliphatic hydroxyl groups is 1. The van der Waals surface area contributed by atoms with Crippen molar-refractivity contribution in [1.29, 1.82) is 0 Å². The zero-order chi connectivity index (χ0) is 14.8. The fraction of sp³-hybridized carbons (Fsp3) is 0.143. The van der Waals surface area contributed by atoms with Gasteiger partial charge in [-0.2, -0.15) is 0 Å². The Balaban J connectivity index is 2.32. The minimum Gasteiger partial charge on any atom is -0.454 e. The van der Waals surface area contributed by atoms with Crippen molar-refractivity contribution in [1.82, 2.24) is 0 Å². The first-order valence-corrected chi connectivity index (χ1v) is 7.67. The molecule has 0 bridgehead atoms. The Morgan fingerprint density at radius 1 is 1.15 bits per heavy atom. The lowest BCUT2D eigenvalue weighted by Gasteiger charge is -2.10. The number of rotatable bonds is 4. The monoisotopic (exact) mass is 296 g/mol. The molecule has 2 aromatic rings. The number of ether oxygens (including phenoxy) is 1. The number of sulfone groups is 1. The first-order chi connectivity index (χ1) is 9.41. The van der Waals surface area contributed by atoms with Crippen molar-refractivity contribution in [3.05, 3.63) is 53.8 Å². The van der Waals surface area contributed by atoms with E-state index in [2.05, 4.69) is 0 Å². The molecule has 1 N–H and O–H groups in total. The quantitative estimate of drug-likeness (QED) is 0.941. The summed E-state index contributed by atoms with van der Waals surface area (Å²) in [5.41, 5.74) is 0.317. The predicted molar refractivity (Wildman–Crippen MR) is 71.9 cm³/mol. The number of para-hydroxylation sites is 1. The van der Waals surface area contributed by atoms with Gasteiger partial charge in [0.1, 0.15) is 5.75 Å². The van der Waals surface area contributed by atoms with Crippen molar-refractivity contribution in [3.8, 4) is 11.5 Å². The van der Waals surface area contributed by atoms with Gasteiger partial charge in [0.25, 0.3) is 0 Å². The maximum Gasteiger partial charge on any atom is 0.175 e. The Bertz CT molecular complexity index is 708. The van der Waals surface area contributed by atoms with Gasteiger partial charge in [0.15, 0.2) is 21.4 Å². The predicted octanol–water partition coefficient (Wildman–Crippen LogP) is 2.51. The fourth-order valence-electron chi connectivity index (χ4n) is 1.67. The van der Waals surface area contributed by atoms with E-state index >= 15 is 0 Å². The molecule has 0 saturated heterocycles. The molecular weight excluding hydrogens is 283 g/mol. The van der Waals surface area contributed by atoms with Gasteiger partial charge in [-0.05, 0) is 30.3 Å². The van der Waals surface area contributed by atoms with E-state index in [1.54, 1.807) is 6.07 Å². The van der Waals surface area contributed by atoms with Gasteiger partial charge in [-0.3, -0.25) is 0 Å². The number of hydrogen-bond donors (Lipinski definition) is 1. The fourth-order valence-corrected chi connectivity index (χ4v) is 2.30. The normalized spacial score (nSPS) is 11.3. The van der Waals surface area contributed by atoms with Crippen LogP contribution in [-0.4, -0.2) is 19.8 Å². The third-order valence-corrected chi connectivity index (χ3v) is 3.82. The molecule has 0 spiro atoms. The van der Waals surface area contributed by atoms with Gasteiger partial charge >= 0.3 is 0 Å². The molecule has 20 heavy (non-hydrogen) atoms. The largest absolute Gasteiger partial charge is 0.454 e. The molecule has 106 valence electrons. The Labute approximate surface area is 116 Å². The van der Waals surface area contributed by atoms with E-state index in [-0.39, 0.29) is 23.0 Å². The Morgan fingerprint density at radius 2 is 1.80 bits per heavy atom. The molecule has 2 rings (SSSR count). The van der Waals surface area contributed by atoms with Crippen molar-refractivity contribution in [2.24, 2.45) is 0 Å². The van der Waals surface area contributed by atoms with E-state index in [9.17, 15) is 12.8 Å². The van der Waals surface area contributed by atoms with Crippen molar-refractivity contribution >= 4 is 9.84 Å².